The summed E-state index contributed by atoms with van der Waals surface area (Å²) in [4.78, 5) is 7.70. The van der Waals surface area contributed by atoms with Crippen LogP contribution in [-0.4, -0.2) is 40.9 Å². The minimum atomic E-state index is -1.77. The standard InChI is InChI=1S/C14H14F2N6OS/c1-24-13(22-9-18-7-20-22)14(23,5-21-8-17-6-19-21)11-3-2-10(15)4-12(11)16/h2-4,6-9,13,23H,5H2,1H3/t13-,14+/m1/s1. The van der Waals surface area contributed by atoms with Crippen LogP contribution in [0.4, 0.5) is 8.78 Å². The predicted molar refractivity (Wildman–Crippen MR) is 82.9 cm³/mol. The van der Waals surface area contributed by atoms with Crippen molar-refractivity contribution in [2.75, 3.05) is 6.26 Å². The second-order valence-electron chi connectivity index (χ2n) is 5.11. The highest BCUT2D eigenvalue weighted by molar-refractivity contribution is 7.98. The van der Waals surface area contributed by atoms with Crippen molar-refractivity contribution in [3.05, 3.63) is 60.7 Å². The molecule has 1 aromatic carbocycles. The van der Waals surface area contributed by atoms with Gasteiger partial charge in [0.05, 0.1) is 6.54 Å². The van der Waals surface area contributed by atoms with E-state index in [1.807, 2.05) is 0 Å². The van der Waals surface area contributed by atoms with Gasteiger partial charge in [-0.05, 0) is 12.3 Å². The number of thioether (sulfide) groups is 1. The molecule has 7 nitrogen and oxygen atoms in total. The van der Waals surface area contributed by atoms with Gasteiger partial charge in [0.2, 0.25) is 0 Å². The van der Waals surface area contributed by atoms with Gasteiger partial charge in [0.1, 0.15) is 47.9 Å². The third-order valence-corrected chi connectivity index (χ3v) is 4.63. The van der Waals surface area contributed by atoms with E-state index in [1.165, 1.54) is 52.5 Å². The van der Waals surface area contributed by atoms with Gasteiger partial charge >= 0.3 is 0 Å². The van der Waals surface area contributed by atoms with Crippen molar-refractivity contribution in [3.8, 4) is 0 Å². The van der Waals surface area contributed by atoms with E-state index in [0.717, 1.165) is 12.1 Å². The molecule has 2 atom stereocenters. The van der Waals surface area contributed by atoms with E-state index in [1.54, 1.807) is 6.26 Å². The third kappa shape index (κ3) is 3.02. The summed E-state index contributed by atoms with van der Waals surface area (Å²) >= 11 is 1.25. The molecule has 0 fully saturated rings. The molecule has 0 saturated heterocycles. The molecular weight excluding hydrogens is 338 g/mol. The normalized spacial score (nSPS) is 15.2. The molecule has 0 aliphatic rings. The van der Waals surface area contributed by atoms with Crippen molar-refractivity contribution in [2.45, 2.75) is 17.5 Å². The van der Waals surface area contributed by atoms with E-state index in [2.05, 4.69) is 20.2 Å². The fraction of sp³-hybridized carbons (Fsp3) is 0.286. The summed E-state index contributed by atoms with van der Waals surface area (Å²) in [6.45, 7) is -0.0963. The molecule has 0 amide bonds. The highest BCUT2D eigenvalue weighted by Gasteiger charge is 2.43. The third-order valence-electron chi connectivity index (χ3n) is 3.58. The Kier molecular flexibility index (Phi) is 4.58. The highest BCUT2D eigenvalue weighted by Crippen LogP contribution is 2.41. The lowest BCUT2D eigenvalue weighted by Gasteiger charge is -2.35. The number of nitrogens with zero attached hydrogens (tertiary/aromatic N) is 6. The fourth-order valence-corrected chi connectivity index (χ4v) is 3.47. The molecule has 3 aromatic rings. The van der Waals surface area contributed by atoms with E-state index < -0.39 is 22.6 Å². The molecule has 10 heteroatoms. The maximum atomic E-state index is 14.4. The van der Waals surface area contributed by atoms with Crippen LogP contribution in [0.5, 0.6) is 0 Å². The molecule has 0 radical (unpaired) electrons. The number of hydrogen-bond acceptors (Lipinski definition) is 6. The zero-order chi connectivity index (χ0) is 17.2. The van der Waals surface area contributed by atoms with Crippen LogP contribution in [0.15, 0.2) is 43.5 Å². The number of aliphatic hydroxyl groups is 1. The summed E-state index contributed by atoms with van der Waals surface area (Å²) in [5, 5.41) is 18.7. The van der Waals surface area contributed by atoms with Crippen LogP contribution in [0.1, 0.15) is 10.9 Å². The molecule has 0 unspecified atom stereocenters. The van der Waals surface area contributed by atoms with Crippen molar-refractivity contribution in [2.24, 2.45) is 0 Å². The minimum absolute atomic E-state index is 0.0609. The number of hydrogen-bond donors (Lipinski definition) is 1. The average molecular weight is 352 g/mol. The Bertz CT molecular complexity index is 798. The summed E-state index contributed by atoms with van der Waals surface area (Å²) in [5.74, 6) is -1.57. The first-order valence-corrected chi connectivity index (χ1v) is 8.20. The van der Waals surface area contributed by atoms with Gasteiger partial charge in [-0.3, -0.25) is 0 Å². The Labute approximate surface area is 140 Å². The molecule has 3 rings (SSSR count). The number of benzene rings is 1. The van der Waals surface area contributed by atoms with Crippen molar-refractivity contribution in [3.63, 3.8) is 0 Å². The van der Waals surface area contributed by atoms with Gasteiger partial charge in [0.15, 0.2) is 0 Å². The van der Waals surface area contributed by atoms with E-state index in [4.69, 9.17) is 0 Å². The lowest BCUT2D eigenvalue weighted by atomic mass is 9.92. The summed E-state index contributed by atoms with van der Waals surface area (Å²) in [6.07, 6.45) is 7.21. The SMILES string of the molecule is CS[C@@H](n1cncn1)[C@](O)(Cn1cncn1)c1ccc(F)cc1F. The van der Waals surface area contributed by atoms with E-state index >= 15 is 0 Å². The number of aromatic nitrogens is 6. The molecule has 0 aliphatic heterocycles. The van der Waals surface area contributed by atoms with Gasteiger partial charge in [-0.2, -0.15) is 10.2 Å². The Morgan fingerprint density at radius 3 is 2.54 bits per heavy atom. The van der Waals surface area contributed by atoms with Gasteiger partial charge in [0.25, 0.3) is 0 Å². The molecule has 2 aromatic heterocycles. The zero-order valence-electron chi connectivity index (χ0n) is 12.6. The van der Waals surface area contributed by atoms with Crippen molar-refractivity contribution < 1.29 is 13.9 Å². The Hall–Kier alpha value is -2.33. The molecule has 0 bridgehead atoms. The largest absolute Gasteiger partial charge is 0.380 e. The molecular formula is C14H14F2N6OS. The quantitative estimate of drug-likeness (QED) is 0.726. The first-order chi connectivity index (χ1) is 11.5. The molecule has 2 heterocycles. The first-order valence-electron chi connectivity index (χ1n) is 6.92. The van der Waals surface area contributed by atoms with Crippen molar-refractivity contribution in [1.82, 2.24) is 29.5 Å². The van der Waals surface area contributed by atoms with Gasteiger partial charge in [0, 0.05) is 11.6 Å². The van der Waals surface area contributed by atoms with Crippen LogP contribution in [-0.2, 0) is 12.1 Å². The lowest BCUT2D eigenvalue weighted by molar-refractivity contribution is -0.0122. The Morgan fingerprint density at radius 2 is 1.96 bits per heavy atom. The number of halogens is 2. The Morgan fingerprint density at radius 1 is 1.21 bits per heavy atom. The van der Waals surface area contributed by atoms with E-state index in [0.29, 0.717) is 0 Å². The predicted octanol–water partition coefficient (Wildman–Crippen LogP) is 1.60. The van der Waals surface area contributed by atoms with Gasteiger partial charge < -0.3 is 5.11 Å². The summed E-state index contributed by atoms with van der Waals surface area (Å²) in [6, 6.07) is 3.06. The van der Waals surface area contributed by atoms with Gasteiger partial charge in [-0.1, -0.05) is 6.07 Å². The van der Waals surface area contributed by atoms with Gasteiger partial charge in [-0.15, -0.1) is 11.8 Å². The average Bonchev–Trinajstić information content (AvgIpc) is 3.21. The molecule has 0 spiro atoms. The van der Waals surface area contributed by atoms with E-state index in [-0.39, 0.29) is 12.1 Å². The van der Waals surface area contributed by atoms with Crippen molar-refractivity contribution in [1.29, 1.82) is 0 Å². The smallest absolute Gasteiger partial charge is 0.144 e. The van der Waals surface area contributed by atoms with Crippen LogP contribution in [0.25, 0.3) is 0 Å². The zero-order valence-corrected chi connectivity index (χ0v) is 13.4. The molecule has 126 valence electrons. The fourth-order valence-electron chi connectivity index (χ4n) is 2.56. The molecule has 0 saturated carbocycles. The van der Waals surface area contributed by atoms with Crippen LogP contribution in [0.3, 0.4) is 0 Å². The molecule has 0 aliphatic carbocycles. The maximum absolute atomic E-state index is 14.4. The van der Waals surface area contributed by atoms with Crippen LogP contribution >= 0.6 is 11.8 Å². The topological polar surface area (TPSA) is 81.6 Å². The van der Waals surface area contributed by atoms with E-state index in [9.17, 15) is 13.9 Å². The molecule has 24 heavy (non-hydrogen) atoms. The summed E-state index contributed by atoms with van der Waals surface area (Å²) in [7, 11) is 0. The number of rotatable bonds is 6. The van der Waals surface area contributed by atoms with Crippen LogP contribution in [0, 0.1) is 11.6 Å². The second-order valence-corrected chi connectivity index (χ2v) is 6.02. The first kappa shape index (κ1) is 16.5. The maximum Gasteiger partial charge on any atom is 0.144 e. The Balaban J connectivity index is 2.12. The summed E-state index contributed by atoms with van der Waals surface area (Å²) < 4.78 is 30.5. The monoisotopic (exact) mass is 352 g/mol. The lowest BCUT2D eigenvalue weighted by Crippen LogP contribution is -2.40. The second kappa shape index (κ2) is 6.65. The van der Waals surface area contributed by atoms with Crippen LogP contribution in [0.2, 0.25) is 0 Å². The minimum Gasteiger partial charge on any atom is -0.380 e. The summed E-state index contributed by atoms with van der Waals surface area (Å²) in [5.41, 5.74) is -1.83. The van der Waals surface area contributed by atoms with Crippen molar-refractivity contribution >= 4 is 11.8 Å². The van der Waals surface area contributed by atoms with Crippen LogP contribution < -0.4 is 0 Å². The molecule has 1 N–H and O–H groups in total. The highest BCUT2D eigenvalue weighted by atomic mass is 32.2. The van der Waals surface area contributed by atoms with Gasteiger partial charge in [-0.25, -0.2) is 28.1 Å².